The molecule has 0 saturated carbocycles. The first-order valence-electron chi connectivity index (χ1n) is 7.06. The summed E-state index contributed by atoms with van der Waals surface area (Å²) in [5, 5.41) is 0.752. The number of rotatable bonds is 7. The molecule has 4 heteroatoms. The number of hydrogen-bond acceptors (Lipinski definition) is 3. The van der Waals surface area contributed by atoms with Crippen LogP contribution in [0.15, 0.2) is 53.4 Å². The monoisotopic (exact) mass is 321 g/mol. The molecule has 0 aromatic heterocycles. The standard InChI is InChI=1S/C17H20ClNOS/c1-2-11-20-17-6-4-3-5-15(17)16(19)12-21-14-9-7-13(18)8-10-14/h3-10,16H,2,11-12,19H2,1H3. The number of nitrogens with two attached hydrogens (primary N) is 1. The minimum absolute atomic E-state index is 0.0567. The third-order valence-electron chi connectivity index (χ3n) is 3.02. The molecule has 2 aromatic carbocycles. The fourth-order valence-corrected chi connectivity index (χ4v) is 2.94. The van der Waals surface area contributed by atoms with Crippen LogP contribution in [0.25, 0.3) is 0 Å². The Morgan fingerprint density at radius 3 is 2.57 bits per heavy atom. The zero-order valence-electron chi connectivity index (χ0n) is 12.1. The van der Waals surface area contributed by atoms with Gasteiger partial charge in [0.1, 0.15) is 5.75 Å². The average Bonchev–Trinajstić information content (AvgIpc) is 2.52. The number of ether oxygens (including phenoxy) is 1. The van der Waals surface area contributed by atoms with E-state index in [0.29, 0.717) is 6.61 Å². The highest BCUT2D eigenvalue weighted by Gasteiger charge is 2.12. The molecule has 0 spiro atoms. The number of halogens is 1. The Labute approximate surface area is 135 Å². The molecular formula is C17H20ClNOS. The van der Waals surface area contributed by atoms with Crippen LogP contribution in [0.1, 0.15) is 24.9 Å². The Kier molecular flexibility index (Phi) is 6.43. The summed E-state index contributed by atoms with van der Waals surface area (Å²) in [6.45, 7) is 2.81. The molecule has 2 rings (SSSR count). The third kappa shape index (κ3) is 4.95. The normalized spacial score (nSPS) is 12.1. The molecule has 2 aromatic rings. The van der Waals surface area contributed by atoms with Gasteiger partial charge in [0.15, 0.2) is 0 Å². The van der Waals surface area contributed by atoms with E-state index in [1.165, 1.54) is 4.90 Å². The van der Waals surface area contributed by atoms with Crippen molar-refractivity contribution in [2.45, 2.75) is 24.3 Å². The van der Waals surface area contributed by atoms with Crippen LogP contribution in [0.3, 0.4) is 0 Å². The molecule has 2 N–H and O–H groups in total. The maximum absolute atomic E-state index is 6.32. The van der Waals surface area contributed by atoms with Crippen molar-refractivity contribution in [1.82, 2.24) is 0 Å². The van der Waals surface area contributed by atoms with Crippen LogP contribution in [-0.2, 0) is 0 Å². The second kappa shape index (κ2) is 8.32. The Morgan fingerprint density at radius 1 is 1.14 bits per heavy atom. The van der Waals surface area contributed by atoms with Gasteiger partial charge in [0.2, 0.25) is 0 Å². The van der Waals surface area contributed by atoms with Gasteiger partial charge < -0.3 is 10.5 Å². The van der Waals surface area contributed by atoms with Gasteiger partial charge in [-0.3, -0.25) is 0 Å². The fraction of sp³-hybridized carbons (Fsp3) is 0.294. The smallest absolute Gasteiger partial charge is 0.124 e. The topological polar surface area (TPSA) is 35.2 Å². The van der Waals surface area contributed by atoms with Gasteiger partial charge in [0, 0.05) is 27.3 Å². The van der Waals surface area contributed by atoms with Crippen LogP contribution >= 0.6 is 23.4 Å². The summed E-state index contributed by atoms with van der Waals surface area (Å²) >= 11 is 7.61. The molecule has 0 aliphatic rings. The van der Waals surface area contributed by atoms with Crippen molar-refractivity contribution >= 4 is 23.4 Å². The molecule has 0 fully saturated rings. The van der Waals surface area contributed by atoms with E-state index >= 15 is 0 Å². The minimum Gasteiger partial charge on any atom is -0.493 e. The lowest BCUT2D eigenvalue weighted by atomic mass is 10.1. The molecule has 0 aliphatic carbocycles. The van der Waals surface area contributed by atoms with Crippen LogP contribution in [0.5, 0.6) is 5.75 Å². The Hall–Kier alpha value is -1.16. The van der Waals surface area contributed by atoms with Gasteiger partial charge in [-0.15, -0.1) is 11.8 Å². The molecule has 0 bridgehead atoms. The summed E-state index contributed by atoms with van der Waals surface area (Å²) in [6.07, 6.45) is 0.989. The molecule has 21 heavy (non-hydrogen) atoms. The van der Waals surface area contributed by atoms with E-state index in [4.69, 9.17) is 22.1 Å². The van der Waals surface area contributed by atoms with Crippen LogP contribution in [0, 0.1) is 0 Å². The lowest BCUT2D eigenvalue weighted by Crippen LogP contribution is -2.14. The Balaban J connectivity index is 1.99. The minimum atomic E-state index is -0.0567. The number of thioether (sulfide) groups is 1. The van der Waals surface area contributed by atoms with Gasteiger partial charge in [0.25, 0.3) is 0 Å². The van der Waals surface area contributed by atoms with Crippen LogP contribution < -0.4 is 10.5 Å². The van der Waals surface area contributed by atoms with Crippen molar-refractivity contribution in [3.63, 3.8) is 0 Å². The summed E-state index contributed by atoms with van der Waals surface area (Å²) in [4.78, 5) is 1.17. The Morgan fingerprint density at radius 2 is 1.86 bits per heavy atom. The summed E-state index contributed by atoms with van der Waals surface area (Å²) < 4.78 is 5.77. The van der Waals surface area contributed by atoms with E-state index in [1.807, 2.05) is 48.5 Å². The first-order valence-corrected chi connectivity index (χ1v) is 8.42. The second-order valence-electron chi connectivity index (χ2n) is 4.76. The molecule has 0 aliphatic heterocycles. The number of hydrogen-bond donors (Lipinski definition) is 1. The van der Waals surface area contributed by atoms with E-state index in [0.717, 1.165) is 28.5 Å². The van der Waals surface area contributed by atoms with Gasteiger partial charge in [-0.1, -0.05) is 36.7 Å². The summed E-state index contributed by atoms with van der Waals surface area (Å²) in [6, 6.07) is 15.8. The van der Waals surface area contributed by atoms with Crippen molar-refractivity contribution in [2.75, 3.05) is 12.4 Å². The predicted molar refractivity (Wildman–Crippen MR) is 91.3 cm³/mol. The van der Waals surface area contributed by atoms with Crippen molar-refractivity contribution in [2.24, 2.45) is 5.73 Å². The first kappa shape index (κ1) is 16.2. The van der Waals surface area contributed by atoms with E-state index in [1.54, 1.807) is 11.8 Å². The van der Waals surface area contributed by atoms with E-state index in [2.05, 4.69) is 6.92 Å². The van der Waals surface area contributed by atoms with Crippen molar-refractivity contribution < 1.29 is 4.74 Å². The molecule has 0 saturated heterocycles. The number of benzene rings is 2. The van der Waals surface area contributed by atoms with E-state index in [9.17, 15) is 0 Å². The molecule has 112 valence electrons. The predicted octanol–water partition coefficient (Wildman–Crippen LogP) is 4.92. The van der Waals surface area contributed by atoms with Gasteiger partial charge >= 0.3 is 0 Å². The van der Waals surface area contributed by atoms with Gasteiger partial charge in [0.05, 0.1) is 6.61 Å². The quantitative estimate of drug-likeness (QED) is 0.735. The number of para-hydroxylation sites is 1. The van der Waals surface area contributed by atoms with Crippen molar-refractivity contribution in [3.05, 3.63) is 59.1 Å². The molecule has 1 atom stereocenters. The molecular weight excluding hydrogens is 302 g/mol. The zero-order chi connectivity index (χ0) is 15.1. The largest absolute Gasteiger partial charge is 0.493 e. The maximum Gasteiger partial charge on any atom is 0.124 e. The average molecular weight is 322 g/mol. The van der Waals surface area contributed by atoms with Gasteiger partial charge in [-0.25, -0.2) is 0 Å². The first-order chi connectivity index (χ1) is 10.2. The third-order valence-corrected chi connectivity index (χ3v) is 4.41. The molecule has 0 heterocycles. The van der Waals surface area contributed by atoms with Crippen LogP contribution in [-0.4, -0.2) is 12.4 Å². The van der Waals surface area contributed by atoms with E-state index in [-0.39, 0.29) is 6.04 Å². The lowest BCUT2D eigenvalue weighted by Gasteiger charge is -2.16. The highest BCUT2D eigenvalue weighted by molar-refractivity contribution is 7.99. The molecule has 0 amide bonds. The highest BCUT2D eigenvalue weighted by Crippen LogP contribution is 2.29. The second-order valence-corrected chi connectivity index (χ2v) is 6.29. The Bertz CT molecular complexity index is 559. The van der Waals surface area contributed by atoms with Crippen LogP contribution in [0.2, 0.25) is 5.02 Å². The molecule has 2 nitrogen and oxygen atoms in total. The summed E-state index contributed by atoms with van der Waals surface area (Å²) in [5.74, 6) is 1.69. The maximum atomic E-state index is 6.32. The van der Waals surface area contributed by atoms with E-state index < -0.39 is 0 Å². The summed E-state index contributed by atoms with van der Waals surface area (Å²) in [5.41, 5.74) is 7.38. The highest BCUT2D eigenvalue weighted by atomic mass is 35.5. The fourth-order valence-electron chi connectivity index (χ4n) is 1.94. The summed E-state index contributed by atoms with van der Waals surface area (Å²) in [7, 11) is 0. The zero-order valence-corrected chi connectivity index (χ0v) is 13.7. The SMILES string of the molecule is CCCOc1ccccc1C(N)CSc1ccc(Cl)cc1. The van der Waals surface area contributed by atoms with Crippen LogP contribution in [0.4, 0.5) is 0 Å². The molecule has 0 radical (unpaired) electrons. The lowest BCUT2D eigenvalue weighted by molar-refractivity contribution is 0.313. The van der Waals surface area contributed by atoms with Crippen molar-refractivity contribution in [3.8, 4) is 5.75 Å². The molecule has 1 unspecified atom stereocenters. The van der Waals surface area contributed by atoms with Gasteiger partial charge in [-0.2, -0.15) is 0 Å². The van der Waals surface area contributed by atoms with Crippen molar-refractivity contribution in [1.29, 1.82) is 0 Å². The van der Waals surface area contributed by atoms with Gasteiger partial charge in [-0.05, 0) is 36.8 Å².